The second-order valence-corrected chi connectivity index (χ2v) is 6.75. The number of methoxy groups -OCH3 is 1. The number of aromatic nitrogens is 2. The van der Waals surface area contributed by atoms with Crippen LogP contribution in [0.25, 0.3) is 0 Å². The van der Waals surface area contributed by atoms with Gasteiger partial charge in [-0.15, -0.1) is 24.0 Å². The minimum Gasteiger partial charge on any atom is -0.497 e. The van der Waals surface area contributed by atoms with Gasteiger partial charge in [0.15, 0.2) is 11.8 Å². The quantitative estimate of drug-likeness (QED) is 0.305. The van der Waals surface area contributed by atoms with Gasteiger partial charge in [0.05, 0.1) is 26.4 Å². The van der Waals surface area contributed by atoms with Crippen molar-refractivity contribution in [3.8, 4) is 5.75 Å². The average Bonchev–Trinajstić information content (AvgIpc) is 3.18. The molecule has 10 heteroatoms. The van der Waals surface area contributed by atoms with E-state index in [1.54, 1.807) is 14.0 Å². The Hall–Kier alpha value is -1.92. The highest BCUT2D eigenvalue weighted by Crippen LogP contribution is 2.23. The topological polar surface area (TPSA) is 97.0 Å². The normalized spacial score (nSPS) is 15.9. The minimum absolute atomic E-state index is 0. The molecule has 2 N–H and O–H groups in total. The van der Waals surface area contributed by atoms with Crippen molar-refractivity contribution < 1.29 is 14.0 Å². The number of hydrogen-bond donors (Lipinski definition) is 2. The zero-order valence-electron chi connectivity index (χ0n) is 17.8. The van der Waals surface area contributed by atoms with Crippen LogP contribution in [0.3, 0.4) is 0 Å². The zero-order chi connectivity index (χ0) is 20.5. The average molecular weight is 530 g/mol. The Kier molecular flexibility index (Phi) is 10.3. The van der Waals surface area contributed by atoms with Crippen LogP contribution < -0.4 is 15.4 Å². The van der Waals surface area contributed by atoms with E-state index in [9.17, 15) is 0 Å². The Labute approximate surface area is 194 Å². The number of rotatable bonds is 8. The molecule has 1 aliphatic rings. The van der Waals surface area contributed by atoms with Crippen LogP contribution in [0, 0.1) is 6.92 Å². The summed E-state index contributed by atoms with van der Waals surface area (Å²) in [4.78, 5) is 11.2. The van der Waals surface area contributed by atoms with E-state index in [0.717, 1.165) is 44.6 Å². The van der Waals surface area contributed by atoms with E-state index >= 15 is 0 Å². The first-order valence-corrected chi connectivity index (χ1v) is 9.96. The summed E-state index contributed by atoms with van der Waals surface area (Å²) >= 11 is 0. The number of benzene rings is 1. The Morgan fingerprint density at radius 3 is 2.57 bits per heavy atom. The Morgan fingerprint density at radius 2 is 1.97 bits per heavy atom. The molecule has 2 aromatic rings. The number of nitrogens with zero attached hydrogens (tertiary/aromatic N) is 4. The zero-order valence-corrected chi connectivity index (χ0v) is 20.1. The number of morpholine rings is 1. The summed E-state index contributed by atoms with van der Waals surface area (Å²) in [6.45, 7) is 8.93. The lowest BCUT2D eigenvalue weighted by Crippen LogP contribution is -2.46. The van der Waals surface area contributed by atoms with Crippen molar-refractivity contribution >= 4 is 29.9 Å². The van der Waals surface area contributed by atoms with Gasteiger partial charge < -0.3 is 24.6 Å². The minimum atomic E-state index is 0. The molecule has 0 radical (unpaired) electrons. The smallest absolute Gasteiger partial charge is 0.248 e. The molecule has 3 rings (SSSR count). The van der Waals surface area contributed by atoms with Gasteiger partial charge >= 0.3 is 0 Å². The molecule has 166 valence electrons. The lowest BCUT2D eigenvalue weighted by molar-refractivity contribution is 0.0170. The van der Waals surface area contributed by atoms with Crippen molar-refractivity contribution in [1.82, 2.24) is 25.7 Å². The molecule has 1 aromatic heterocycles. The van der Waals surface area contributed by atoms with Crippen LogP contribution in [0.1, 0.15) is 30.2 Å². The van der Waals surface area contributed by atoms with E-state index in [1.165, 1.54) is 5.56 Å². The lowest BCUT2D eigenvalue weighted by Gasteiger charge is -2.35. The first-order valence-electron chi connectivity index (χ1n) is 9.96. The van der Waals surface area contributed by atoms with Crippen molar-refractivity contribution in [2.24, 2.45) is 4.99 Å². The molecule has 0 aliphatic carbocycles. The summed E-state index contributed by atoms with van der Waals surface area (Å²) in [6, 6.07) is 8.43. The van der Waals surface area contributed by atoms with Gasteiger partial charge in [-0.2, -0.15) is 4.98 Å². The van der Waals surface area contributed by atoms with Crippen LogP contribution in [0.2, 0.25) is 0 Å². The fourth-order valence-electron chi connectivity index (χ4n) is 3.26. The predicted octanol–water partition coefficient (Wildman–Crippen LogP) is 2.13. The van der Waals surface area contributed by atoms with E-state index in [0.29, 0.717) is 24.8 Å². The summed E-state index contributed by atoms with van der Waals surface area (Å²) < 4.78 is 16.0. The van der Waals surface area contributed by atoms with Crippen LogP contribution in [0.5, 0.6) is 5.75 Å². The highest BCUT2D eigenvalue weighted by Gasteiger charge is 2.23. The molecule has 0 spiro atoms. The van der Waals surface area contributed by atoms with Gasteiger partial charge in [0.2, 0.25) is 5.89 Å². The lowest BCUT2D eigenvalue weighted by atomic mass is 10.0. The number of guanidine groups is 1. The molecule has 2 heterocycles. The van der Waals surface area contributed by atoms with Gasteiger partial charge in [-0.05, 0) is 31.5 Å². The second-order valence-electron chi connectivity index (χ2n) is 6.75. The SMILES string of the molecule is CCNC(=NCc1nc(C)no1)NCC(c1ccc(OC)cc1)N1CCOCC1.I. The van der Waals surface area contributed by atoms with E-state index in [1.807, 2.05) is 19.1 Å². The second kappa shape index (κ2) is 12.7. The Balaban J connectivity index is 0.00000320. The van der Waals surface area contributed by atoms with Crippen molar-refractivity contribution in [2.75, 3.05) is 46.5 Å². The van der Waals surface area contributed by atoms with Gasteiger partial charge in [0.25, 0.3) is 0 Å². The fraction of sp³-hybridized carbons (Fsp3) is 0.550. The molecule has 1 unspecified atom stereocenters. The molecule has 0 amide bonds. The third-order valence-electron chi connectivity index (χ3n) is 4.74. The number of ether oxygens (including phenoxy) is 2. The van der Waals surface area contributed by atoms with Crippen molar-refractivity contribution in [2.45, 2.75) is 26.4 Å². The van der Waals surface area contributed by atoms with E-state index < -0.39 is 0 Å². The molecular weight excluding hydrogens is 499 g/mol. The first kappa shape index (κ1) is 24.4. The van der Waals surface area contributed by atoms with E-state index in [-0.39, 0.29) is 30.0 Å². The Bertz CT molecular complexity index is 777. The van der Waals surface area contributed by atoms with Gasteiger partial charge in [0, 0.05) is 26.2 Å². The molecular formula is C20H31IN6O3. The monoisotopic (exact) mass is 530 g/mol. The molecule has 0 saturated carbocycles. The number of nitrogens with one attached hydrogen (secondary N) is 2. The maximum atomic E-state index is 5.53. The number of halogens is 1. The van der Waals surface area contributed by atoms with Crippen LogP contribution in [-0.4, -0.2) is 67.5 Å². The van der Waals surface area contributed by atoms with E-state index in [4.69, 9.17) is 14.0 Å². The van der Waals surface area contributed by atoms with Crippen LogP contribution in [0.15, 0.2) is 33.8 Å². The molecule has 1 saturated heterocycles. The largest absolute Gasteiger partial charge is 0.497 e. The van der Waals surface area contributed by atoms with Crippen LogP contribution in [0.4, 0.5) is 0 Å². The van der Waals surface area contributed by atoms with Gasteiger partial charge in [0.1, 0.15) is 12.3 Å². The van der Waals surface area contributed by atoms with Crippen molar-refractivity contribution in [1.29, 1.82) is 0 Å². The van der Waals surface area contributed by atoms with Crippen LogP contribution >= 0.6 is 24.0 Å². The third-order valence-corrected chi connectivity index (χ3v) is 4.74. The third kappa shape index (κ3) is 7.10. The van der Waals surface area contributed by atoms with E-state index in [2.05, 4.69) is 42.8 Å². The summed E-state index contributed by atoms with van der Waals surface area (Å²) in [5, 5.41) is 10.5. The van der Waals surface area contributed by atoms with Gasteiger partial charge in [-0.3, -0.25) is 4.90 Å². The molecule has 1 atom stereocenters. The van der Waals surface area contributed by atoms with Gasteiger partial charge in [-0.1, -0.05) is 17.3 Å². The fourth-order valence-corrected chi connectivity index (χ4v) is 3.26. The maximum Gasteiger partial charge on any atom is 0.248 e. The number of aliphatic imine (C=N–C) groups is 1. The maximum absolute atomic E-state index is 5.53. The highest BCUT2D eigenvalue weighted by molar-refractivity contribution is 14.0. The Morgan fingerprint density at radius 1 is 1.23 bits per heavy atom. The molecule has 9 nitrogen and oxygen atoms in total. The van der Waals surface area contributed by atoms with Crippen molar-refractivity contribution in [3.63, 3.8) is 0 Å². The molecule has 30 heavy (non-hydrogen) atoms. The summed E-state index contributed by atoms with van der Waals surface area (Å²) in [7, 11) is 1.68. The van der Waals surface area contributed by atoms with Crippen LogP contribution in [-0.2, 0) is 11.3 Å². The standard InChI is InChI=1S/C20H30N6O3.HI/c1-4-21-20(23-14-19-24-15(2)25-29-19)22-13-18(26-9-11-28-12-10-26)16-5-7-17(27-3)8-6-16;/h5-8,18H,4,9-14H2,1-3H3,(H2,21,22,23);1H. The molecule has 1 fully saturated rings. The van der Waals surface area contributed by atoms with Crippen molar-refractivity contribution in [3.05, 3.63) is 41.5 Å². The summed E-state index contributed by atoms with van der Waals surface area (Å²) in [5.41, 5.74) is 1.23. The first-order chi connectivity index (χ1) is 14.2. The number of aryl methyl sites for hydroxylation is 1. The summed E-state index contributed by atoms with van der Waals surface area (Å²) in [5.74, 6) is 2.68. The number of hydrogen-bond acceptors (Lipinski definition) is 7. The highest BCUT2D eigenvalue weighted by atomic mass is 127. The molecule has 1 aromatic carbocycles. The summed E-state index contributed by atoms with van der Waals surface area (Å²) in [6.07, 6.45) is 0. The molecule has 1 aliphatic heterocycles. The molecule has 0 bridgehead atoms. The predicted molar refractivity (Wildman–Crippen MR) is 125 cm³/mol. The van der Waals surface area contributed by atoms with Gasteiger partial charge in [-0.25, -0.2) is 4.99 Å².